The molecule has 39 heavy (non-hydrogen) atoms. The second-order valence-corrected chi connectivity index (χ2v) is 10.1. The summed E-state index contributed by atoms with van der Waals surface area (Å²) in [6, 6.07) is 4.09. The summed E-state index contributed by atoms with van der Waals surface area (Å²) in [6.45, 7) is 3.37. The lowest BCUT2D eigenvalue weighted by atomic mass is 9.92. The Labute approximate surface area is 230 Å². The monoisotopic (exact) mass is 545 g/mol. The van der Waals surface area contributed by atoms with Gasteiger partial charge in [0.2, 0.25) is 5.91 Å². The van der Waals surface area contributed by atoms with E-state index in [9.17, 15) is 34.8 Å². The smallest absolute Gasteiger partial charge is 0.231 e. The van der Waals surface area contributed by atoms with E-state index in [0.29, 0.717) is 32.1 Å². The highest BCUT2D eigenvalue weighted by Crippen LogP contribution is 2.29. The van der Waals surface area contributed by atoms with Crippen LogP contribution in [-0.4, -0.2) is 57.7 Å². The Balaban J connectivity index is 2.52. The number of ketones is 2. The number of allylic oxidation sites excluding steroid dienone is 2. The van der Waals surface area contributed by atoms with Gasteiger partial charge in [0.05, 0.1) is 24.4 Å². The molecule has 4 atom stereocenters. The van der Waals surface area contributed by atoms with Crippen LogP contribution in [-0.2, 0) is 19.1 Å². The Hall–Kier alpha value is -3.01. The van der Waals surface area contributed by atoms with Crippen molar-refractivity contribution in [3.05, 3.63) is 47.2 Å². The number of benzene rings is 1. The van der Waals surface area contributed by atoms with Crippen LogP contribution in [0.1, 0.15) is 83.3 Å². The lowest BCUT2D eigenvalue weighted by molar-refractivity contribution is -0.125. The number of aliphatic hydroxyl groups excluding tert-OH is 3. The maximum absolute atomic E-state index is 13.3. The van der Waals surface area contributed by atoms with E-state index >= 15 is 0 Å². The predicted molar refractivity (Wildman–Crippen MR) is 148 cm³/mol. The summed E-state index contributed by atoms with van der Waals surface area (Å²) in [5.41, 5.74) is 0.525. The number of anilines is 1. The molecule has 1 amide bonds. The highest BCUT2D eigenvalue weighted by molar-refractivity contribution is 6.01. The standard InChI is InChI=1S/C30H43NO8/c1-4-6-7-9-20-12-22(18-32)29(37)28(39-3)11-8-10-19(5-2)26(35)16-25(34)17-27(36)21-13-23(31-30(20)38)15-24(33)14-21/h12-16,19-20,27-28,32-33,35-36H,4-11,17-18H2,1-3H3,(H,31,38)/b22-12+,26-16+/t19?,20-,27-,28?/m0/s1. The second kappa shape index (κ2) is 16.2. The minimum atomic E-state index is -1.27. The van der Waals surface area contributed by atoms with Crippen LogP contribution in [0.5, 0.6) is 5.75 Å². The minimum absolute atomic E-state index is 0.0869. The first-order valence-electron chi connectivity index (χ1n) is 13.8. The van der Waals surface area contributed by atoms with Gasteiger partial charge in [-0.3, -0.25) is 14.4 Å². The number of nitrogens with one attached hydrogen (secondary N) is 1. The summed E-state index contributed by atoms with van der Waals surface area (Å²) in [4.78, 5) is 39.2. The van der Waals surface area contributed by atoms with E-state index in [1.165, 1.54) is 31.4 Å². The van der Waals surface area contributed by atoms with Crippen LogP contribution in [0.15, 0.2) is 41.7 Å². The number of amides is 1. The molecule has 1 aliphatic rings. The second-order valence-electron chi connectivity index (χ2n) is 10.1. The van der Waals surface area contributed by atoms with Crippen LogP contribution in [0, 0.1) is 11.8 Å². The normalized spacial score (nSPS) is 26.8. The van der Waals surface area contributed by atoms with Gasteiger partial charge in [0, 0.05) is 42.9 Å². The van der Waals surface area contributed by atoms with Gasteiger partial charge < -0.3 is 30.5 Å². The molecular weight excluding hydrogens is 502 g/mol. The Kier molecular flexibility index (Phi) is 13.4. The number of hydrogen-bond donors (Lipinski definition) is 5. The molecule has 0 fully saturated rings. The lowest BCUT2D eigenvalue weighted by Gasteiger charge is -2.19. The fraction of sp³-hybridized carbons (Fsp3) is 0.567. The molecule has 0 radical (unpaired) electrons. The van der Waals surface area contributed by atoms with E-state index < -0.39 is 42.2 Å². The topological polar surface area (TPSA) is 153 Å². The minimum Gasteiger partial charge on any atom is -0.512 e. The third-order valence-corrected chi connectivity index (χ3v) is 7.15. The zero-order valence-corrected chi connectivity index (χ0v) is 23.2. The van der Waals surface area contributed by atoms with Crippen molar-refractivity contribution >= 4 is 23.2 Å². The van der Waals surface area contributed by atoms with E-state index in [2.05, 4.69) is 5.32 Å². The molecule has 0 saturated carbocycles. The lowest BCUT2D eigenvalue weighted by Crippen LogP contribution is -2.28. The van der Waals surface area contributed by atoms with Gasteiger partial charge in [-0.25, -0.2) is 0 Å². The van der Waals surface area contributed by atoms with Gasteiger partial charge in [0.25, 0.3) is 0 Å². The molecule has 1 aromatic carbocycles. The maximum Gasteiger partial charge on any atom is 0.231 e. The largest absolute Gasteiger partial charge is 0.512 e. The molecule has 0 saturated heterocycles. The van der Waals surface area contributed by atoms with Gasteiger partial charge in [-0.05, 0) is 49.8 Å². The highest BCUT2D eigenvalue weighted by atomic mass is 16.5. The summed E-state index contributed by atoms with van der Waals surface area (Å²) >= 11 is 0. The Morgan fingerprint density at radius 3 is 2.44 bits per heavy atom. The number of hydrogen-bond acceptors (Lipinski definition) is 8. The molecule has 0 aliphatic carbocycles. The third kappa shape index (κ3) is 9.91. The molecule has 1 aromatic rings. The average Bonchev–Trinajstić information content (AvgIpc) is 2.89. The SMILES string of the molecule is CCCCC[C@H]1/C=C(\CO)C(=O)C(OC)CCCC(CC)/C(O)=C\C(=O)C[C@H](O)c2cc(O)cc(c2)NC1=O. The number of unbranched alkanes of at least 4 members (excludes halogenated alkanes) is 2. The maximum atomic E-state index is 13.3. The molecule has 0 spiro atoms. The first-order valence-corrected chi connectivity index (χ1v) is 13.8. The van der Waals surface area contributed by atoms with Crippen LogP contribution in [0.4, 0.5) is 5.69 Å². The summed E-state index contributed by atoms with van der Waals surface area (Å²) in [5.74, 6) is -2.67. The van der Waals surface area contributed by atoms with Crippen molar-refractivity contribution in [1.82, 2.24) is 0 Å². The third-order valence-electron chi connectivity index (χ3n) is 7.15. The van der Waals surface area contributed by atoms with Gasteiger partial charge >= 0.3 is 0 Å². The summed E-state index contributed by atoms with van der Waals surface area (Å²) in [5, 5.41) is 44.3. The first-order chi connectivity index (χ1) is 18.6. The van der Waals surface area contributed by atoms with Gasteiger partial charge in [-0.15, -0.1) is 0 Å². The zero-order valence-electron chi connectivity index (χ0n) is 23.2. The quantitative estimate of drug-likeness (QED) is 0.310. The number of Topliss-reactive ketones (excluding diaryl/α,β-unsaturated/α-hetero) is 1. The van der Waals surface area contributed by atoms with Gasteiger partial charge in [0.1, 0.15) is 11.9 Å². The number of aromatic hydroxyl groups is 1. The van der Waals surface area contributed by atoms with Crippen LogP contribution < -0.4 is 5.32 Å². The van der Waals surface area contributed by atoms with Gasteiger partial charge in [-0.2, -0.15) is 0 Å². The summed E-state index contributed by atoms with van der Waals surface area (Å²) in [6.07, 6.45) is 5.09. The number of methoxy groups -OCH3 is 1. The van der Waals surface area contributed by atoms with E-state index in [-0.39, 0.29) is 40.7 Å². The van der Waals surface area contributed by atoms with E-state index in [0.717, 1.165) is 25.3 Å². The number of phenolic OH excluding ortho intramolecular Hbond substituents is 1. The molecule has 1 heterocycles. The fourth-order valence-corrected chi connectivity index (χ4v) is 4.82. The fourth-order valence-electron chi connectivity index (χ4n) is 4.82. The molecule has 1 aliphatic heterocycles. The van der Waals surface area contributed by atoms with Crippen LogP contribution in [0.2, 0.25) is 0 Å². The van der Waals surface area contributed by atoms with Crippen molar-refractivity contribution in [3.8, 4) is 5.75 Å². The van der Waals surface area contributed by atoms with Gasteiger partial charge in [-0.1, -0.05) is 39.2 Å². The van der Waals surface area contributed by atoms with Gasteiger partial charge in [0.15, 0.2) is 11.6 Å². The molecular formula is C30H43NO8. The number of rotatable bonds is 7. The summed E-state index contributed by atoms with van der Waals surface area (Å²) < 4.78 is 5.43. The molecule has 9 nitrogen and oxygen atoms in total. The molecule has 0 aromatic heterocycles. The molecule has 2 bridgehead atoms. The zero-order chi connectivity index (χ0) is 28.9. The Morgan fingerprint density at radius 1 is 1.05 bits per heavy atom. The first kappa shape index (κ1) is 32.2. The number of carbonyl (C=O) groups is 3. The number of fused-ring (bicyclic) bond motifs is 2. The van der Waals surface area contributed by atoms with E-state index in [4.69, 9.17) is 4.74 Å². The van der Waals surface area contributed by atoms with Crippen molar-refractivity contribution < 1.29 is 39.5 Å². The molecule has 9 heteroatoms. The van der Waals surface area contributed by atoms with Crippen molar-refractivity contribution in [3.63, 3.8) is 0 Å². The Bertz CT molecular complexity index is 1050. The summed E-state index contributed by atoms with van der Waals surface area (Å²) in [7, 11) is 1.41. The van der Waals surface area contributed by atoms with E-state index in [1.807, 2.05) is 13.8 Å². The van der Waals surface area contributed by atoms with E-state index in [1.54, 1.807) is 0 Å². The molecule has 2 rings (SSSR count). The molecule has 216 valence electrons. The number of phenols is 1. The average molecular weight is 546 g/mol. The highest BCUT2D eigenvalue weighted by Gasteiger charge is 2.26. The van der Waals surface area contributed by atoms with Crippen molar-refractivity contribution in [2.45, 2.75) is 83.8 Å². The number of aliphatic hydroxyl groups is 3. The van der Waals surface area contributed by atoms with Crippen LogP contribution in [0.3, 0.4) is 0 Å². The van der Waals surface area contributed by atoms with Crippen LogP contribution in [0.25, 0.3) is 0 Å². The molecule has 2 unspecified atom stereocenters. The number of ether oxygens (including phenoxy) is 1. The Morgan fingerprint density at radius 2 is 1.79 bits per heavy atom. The number of carbonyl (C=O) groups excluding carboxylic acids is 3. The van der Waals surface area contributed by atoms with Crippen molar-refractivity contribution in [2.24, 2.45) is 11.8 Å². The van der Waals surface area contributed by atoms with Crippen LogP contribution >= 0.6 is 0 Å². The molecule has 5 N–H and O–H groups in total. The van der Waals surface area contributed by atoms with Crippen molar-refractivity contribution in [1.29, 1.82) is 0 Å². The van der Waals surface area contributed by atoms with Crippen molar-refractivity contribution in [2.75, 3.05) is 19.0 Å². The predicted octanol–water partition coefficient (Wildman–Crippen LogP) is 4.67.